The third-order valence-electron chi connectivity index (χ3n) is 5.62. The number of hydrogen-bond donors (Lipinski definition) is 2. The van der Waals surface area contributed by atoms with Crippen molar-refractivity contribution in [1.82, 2.24) is 4.90 Å². The van der Waals surface area contributed by atoms with Crippen LogP contribution in [-0.2, 0) is 27.4 Å². The maximum atomic E-state index is 10.0. The minimum Gasteiger partial charge on any atom is -0.504 e. The Morgan fingerprint density at radius 1 is 0.857 bits per heavy atom. The third kappa shape index (κ3) is 11.3. The van der Waals surface area contributed by atoms with Crippen LogP contribution in [0.2, 0.25) is 0 Å². The third-order valence-corrected chi connectivity index (χ3v) is 5.62. The van der Waals surface area contributed by atoms with E-state index in [0.29, 0.717) is 44.5 Å². The molecular weight excluding hydrogens is 450 g/mol. The Morgan fingerprint density at radius 3 is 2.34 bits per heavy atom. The molecule has 8 nitrogen and oxygen atoms in total. The van der Waals surface area contributed by atoms with Crippen molar-refractivity contribution in [2.24, 2.45) is 0 Å². The van der Waals surface area contributed by atoms with Crippen LogP contribution in [0.4, 0.5) is 0 Å². The molecule has 0 aliphatic carbocycles. The maximum Gasteiger partial charge on any atom is 0.203 e. The fourth-order valence-electron chi connectivity index (χ4n) is 3.61. The molecule has 0 heterocycles. The van der Waals surface area contributed by atoms with Crippen LogP contribution >= 0.6 is 0 Å². The van der Waals surface area contributed by atoms with Crippen LogP contribution in [0, 0.1) is 0 Å². The molecular formula is C27H41NO7. The van der Waals surface area contributed by atoms with E-state index >= 15 is 0 Å². The van der Waals surface area contributed by atoms with Crippen molar-refractivity contribution >= 4 is 0 Å². The quantitative estimate of drug-likeness (QED) is 0.288. The number of rotatable bonds is 19. The number of phenols is 1. The van der Waals surface area contributed by atoms with E-state index in [1.54, 1.807) is 12.1 Å². The lowest BCUT2D eigenvalue weighted by atomic mass is 10.1. The zero-order valence-electron chi connectivity index (χ0n) is 21.3. The molecule has 0 fully saturated rings. The molecule has 0 saturated heterocycles. The Balaban J connectivity index is 1.58. The summed E-state index contributed by atoms with van der Waals surface area (Å²) in [6.07, 6.45) is 2.62. The largest absolute Gasteiger partial charge is 0.504 e. The van der Waals surface area contributed by atoms with Gasteiger partial charge in [-0.1, -0.05) is 30.3 Å². The van der Waals surface area contributed by atoms with Crippen LogP contribution in [0.1, 0.15) is 30.4 Å². The van der Waals surface area contributed by atoms with Crippen molar-refractivity contribution in [3.8, 4) is 17.2 Å². The minimum absolute atomic E-state index is 0.0220. The van der Waals surface area contributed by atoms with Crippen molar-refractivity contribution in [2.75, 3.05) is 60.8 Å². The van der Waals surface area contributed by atoms with Crippen LogP contribution in [0.15, 0.2) is 42.5 Å². The summed E-state index contributed by atoms with van der Waals surface area (Å²) in [5, 5.41) is 19.2. The molecule has 2 aromatic rings. The summed E-state index contributed by atoms with van der Waals surface area (Å²) in [5.74, 6) is 0.800. The van der Waals surface area contributed by atoms with Gasteiger partial charge in [0.15, 0.2) is 11.5 Å². The number of aliphatic hydroxyl groups is 1. The van der Waals surface area contributed by atoms with Crippen molar-refractivity contribution in [3.63, 3.8) is 0 Å². The first kappa shape index (κ1) is 28.9. The molecule has 196 valence electrons. The monoisotopic (exact) mass is 491 g/mol. The summed E-state index contributed by atoms with van der Waals surface area (Å²) < 4.78 is 27.8. The molecule has 0 saturated carbocycles. The highest BCUT2D eigenvalue weighted by atomic mass is 16.5. The molecule has 2 aromatic carbocycles. The van der Waals surface area contributed by atoms with Gasteiger partial charge in [-0.25, -0.2) is 0 Å². The normalized spacial score (nSPS) is 12.1. The summed E-state index contributed by atoms with van der Waals surface area (Å²) >= 11 is 0. The van der Waals surface area contributed by atoms with Crippen molar-refractivity contribution in [2.45, 2.75) is 38.6 Å². The number of methoxy groups -OCH3 is 2. The van der Waals surface area contributed by atoms with Gasteiger partial charge in [0.05, 0.1) is 53.4 Å². The van der Waals surface area contributed by atoms with Gasteiger partial charge in [-0.05, 0) is 49.6 Å². The second-order valence-electron chi connectivity index (χ2n) is 8.39. The van der Waals surface area contributed by atoms with Gasteiger partial charge < -0.3 is 38.8 Å². The Bertz CT molecular complexity index is 819. The molecule has 0 amide bonds. The van der Waals surface area contributed by atoms with Crippen LogP contribution in [0.25, 0.3) is 0 Å². The van der Waals surface area contributed by atoms with E-state index < -0.39 is 0 Å². The first-order valence-corrected chi connectivity index (χ1v) is 12.1. The molecule has 0 radical (unpaired) electrons. The molecule has 0 spiro atoms. The van der Waals surface area contributed by atoms with Gasteiger partial charge in [-0.3, -0.25) is 0 Å². The molecule has 2 N–H and O–H groups in total. The lowest BCUT2D eigenvalue weighted by molar-refractivity contribution is 0.0148. The summed E-state index contributed by atoms with van der Waals surface area (Å²) in [6, 6.07) is 13.5. The second kappa shape index (κ2) is 17.1. The van der Waals surface area contributed by atoms with E-state index in [0.717, 1.165) is 43.5 Å². The van der Waals surface area contributed by atoms with Crippen molar-refractivity contribution in [3.05, 3.63) is 53.6 Å². The summed E-state index contributed by atoms with van der Waals surface area (Å²) in [6.45, 7) is 4.39. The first-order valence-electron chi connectivity index (χ1n) is 12.1. The fourth-order valence-corrected chi connectivity index (χ4v) is 3.61. The number of ether oxygens (including phenoxy) is 5. The molecule has 0 bridgehead atoms. The van der Waals surface area contributed by atoms with Crippen LogP contribution in [0.3, 0.4) is 0 Å². The van der Waals surface area contributed by atoms with Crippen LogP contribution in [0.5, 0.6) is 17.2 Å². The van der Waals surface area contributed by atoms with Crippen molar-refractivity contribution in [1.29, 1.82) is 0 Å². The maximum absolute atomic E-state index is 10.0. The lowest BCUT2D eigenvalue weighted by Crippen LogP contribution is -2.28. The Morgan fingerprint density at radius 2 is 1.63 bits per heavy atom. The molecule has 0 aromatic heterocycles. The molecule has 2 rings (SSSR count). The topological polar surface area (TPSA) is 89.9 Å². The van der Waals surface area contributed by atoms with Gasteiger partial charge in [0, 0.05) is 19.7 Å². The van der Waals surface area contributed by atoms with Gasteiger partial charge in [-0.15, -0.1) is 0 Å². The highest BCUT2D eigenvalue weighted by Crippen LogP contribution is 2.37. The Hall–Kier alpha value is -2.36. The molecule has 0 aliphatic heterocycles. The summed E-state index contributed by atoms with van der Waals surface area (Å²) in [4.78, 5) is 2.23. The number of aromatic hydroxyl groups is 1. The SMILES string of the molecule is COc1cc(COCCOCCN(C)CCC(CCCO)OCc2ccccc2)cc(O)c1OC. The predicted molar refractivity (Wildman–Crippen MR) is 135 cm³/mol. The number of phenolic OH excluding ortho intramolecular Hbond substituents is 1. The van der Waals surface area contributed by atoms with E-state index in [4.69, 9.17) is 23.7 Å². The molecule has 1 atom stereocenters. The van der Waals surface area contributed by atoms with Gasteiger partial charge in [0.2, 0.25) is 5.75 Å². The number of benzene rings is 2. The average Bonchev–Trinajstić information content (AvgIpc) is 2.87. The number of hydrogen-bond acceptors (Lipinski definition) is 8. The standard InChI is InChI=1S/C27H41NO7/c1-28(12-11-24(10-7-14-29)35-21-22-8-5-4-6-9-22)13-15-33-16-17-34-20-23-18-25(30)27(32-3)26(19-23)31-2/h4-6,8-9,18-19,24,29-30H,7,10-17,20-21H2,1-3H3. The van der Waals surface area contributed by atoms with E-state index in [9.17, 15) is 10.2 Å². The molecule has 35 heavy (non-hydrogen) atoms. The second-order valence-corrected chi connectivity index (χ2v) is 8.39. The van der Waals surface area contributed by atoms with E-state index in [1.807, 2.05) is 18.2 Å². The summed E-state index contributed by atoms with van der Waals surface area (Å²) in [5.41, 5.74) is 1.96. The number of likely N-dealkylation sites (N-methyl/N-ethyl adjacent to an activating group) is 1. The van der Waals surface area contributed by atoms with Crippen LogP contribution in [-0.4, -0.2) is 82.0 Å². The zero-order valence-corrected chi connectivity index (χ0v) is 21.3. The highest BCUT2D eigenvalue weighted by Gasteiger charge is 2.12. The first-order chi connectivity index (χ1) is 17.1. The molecule has 0 aliphatic rings. The van der Waals surface area contributed by atoms with E-state index in [2.05, 4.69) is 24.1 Å². The predicted octanol–water partition coefficient (Wildman–Crippen LogP) is 3.62. The zero-order chi connectivity index (χ0) is 25.3. The Labute approximate surface area is 209 Å². The van der Waals surface area contributed by atoms with Gasteiger partial charge in [-0.2, -0.15) is 0 Å². The molecule has 1 unspecified atom stereocenters. The molecule has 8 heteroatoms. The fraction of sp³-hybridized carbons (Fsp3) is 0.556. The van der Waals surface area contributed by atoms with Gasteiger partial charge in [0.1, 0.15) is 0 Å². The lowest BCUT2D eigenvalue weighted by Gasteiger charge is -2.22. The number of nitrogens with zero attached hydrogens (tertiary/aromatic N) is 1. The van der Waals surface area contributed by atoms with E-state index in [-0.39, 0.29) is 18.5 Å². The van der Waals surface area contributed by atoms with Crippen molar-refractivity contribution < 1.29 is 33.9 Å². The summed E-state index contributed by atoms with van der Waals surface area (Å²) in [7, 11) is 5.08. The minimum atomic E-state index is 0.0220. The van der Waals surface area contributed by atoms with Crippen LogP contribution < -0.4 is 9.47 Å². The Kier molecular flexibility index (Phi) is 14.1. The van der Waals surface area contributed by atoms with Gasteiger partial charge in [0.25, 0.3) is 0 Å². The average molecular weight is 492 g/mol. The highest BCUT2D eigenvalue weighted by molar-refractivity contribution is 5.52. The smallest absolute Gasteiger partial charge is 0.203 e. The van der Waals surface area contributed by atoms with Gasteiger partial charge >= 0.3 is 0 Å². The van der Waals surface area contributed by atoms with E-state index in [1.165, 1.54) is 14.2 Å². The number of aliphatic hydroxyl groups excluding tert-OH is 1.